The standard InChI is InChI=1S/C19H16F3N3O2S/c20-19(21,22)27-16-9-5-4-8-14(16)10-23-18(26)24-11-17-25-15(12-28-17)13-6-2-1-3-7-13/h1-9,12H,10-11H2,(H2,23,24,26). The van der Waals surface area contributed by atoms with Gasteiger partial charge in [-0.1, -0.05) is 48.5 Å². The first-order valence-corrected chi connectivity index (χ1v) is 9.14. The molecule has 0 bridgehead atoms. The highest BCUT2D eigenvalue weighted by Gasteiger charge is 2.31. The highest BCUT2D eigenvalue weighted by atomic mass is 32.1. The van der Waals surface area contributed by atoms with Crippen LogP contribution in [0.25, 0.3) is 11.3 Å². The largest absolute Gasteiger partial charge is 0.573 e. The minimum Gasteiger partial charge on any atom is -0.405 e. The van der Waals surface area contributed by atoms with Gasteiger partial charge in [0.1, 0.15) is 10.8 Å². The summed E-state index contributed by atoms with van der Waals surface area (Å²) in [5, 5.41) is 7.77. The Hall–Kier alpha value is -3.07. The molecule has 0 aliphatic heterocycles. The molecule has 2 N–H and O–H groups in total. The molecule has 3 rings (SSSR count). The summed E-state index contributed by atoms with van der Waals surface area (Å²) in [5.74, 6) is -0.345. The fraction of sp³-hybridized carbons (Fsp3) is 0.158. The molecule has 3 aromatic rings. The summed E-state index contributed by atoms with van der Waals surface area (Å²) in [4.78, 5) is 16.4. The number of benzene rings is 2. The van der Waals surface area contributed by atoms with Gasteiger partial charge in [0.25, 0.3) is 0 Å². The summed E-state index contributed by atoms with van der Waals surface area (Å²) < 4.78 is 41.2. The highest BCUT2D eigenvalue weighted by molar-refractivity contribution is 7.09. The van der Waals surface area contributed by atoms with Gasteiger partial charge in [-0.15, -0.1) is 24.5 Å². The fourth-order valence-corrected chi connectivity index (χ4v) is 3.14. The smallest absolute Gasteiger partial charge is 0.405 e. The summed E-state index contributed by atoms with van der Waals surface area (Å²) >= 11 is 1.41. The Morgan fingerprint density at radius 3 is 2.43 bits per heavy atom. The Morgan fingerprint density at radius 2 is 1.68 bits per heavy atom. The van der Waals surface area contributed by atoms with Crippen LogP contribution in [-0.2, 0) is 13.1 Å². The third-order valence-electron chi connectivity index (χ3n) is 3.66. The molecule has 1 heterocycles. The monoisotopic (exact) mass is 407 g/mol. The van der Waals surface area contributed by atoms with Crippen molar-refractivity contribution >= 4 is 17.4 Å². The van der Waals surface area contributed by atoms with Gasteiger partial charge in [0.05, 0.1) is 12.2 Å². The van der Waals surface area contributed by atoms with E-state index < -0.39 is 12.4 Å². The average molecular weight is 407 g/mol. The van der Waals surface area contributed by atoms with Crippen LogP contribution in [0.3, 0.4) is 0 Å². The summed E-state index contributed by atoms with van der Waals surface area (Å²) in [6.45, 7) is 0.106. The van der Waals surface area contributed by atoms with Crippen molar-refractivity contribution < 1.29 is 22.7 Å². The van der Waals surface area contributed by atoms with Gasteiger partial charge in [0, 0.05) is 23.1 Å². The number of thiazole rings is 1. The predicted octanol–water partition coefficient (Wildman–Crippen LogP) is 4.71. The first-order chi connectivity index (χ1) is 13.4. The summed E-state index contributed by atoms with van der Waals surface area (Å²) in [5.41, 5.74) is 2.02. The van der Waals surface area contributed by atoms with Crippen molar-refractivity contribution in [2.24, 2.45) is 0 Å². The van der Waals surface area contributed by atoms with Gasteiger partial charge in [0.15, 0.2) is 0 Å². The van der Waals surface area contributed by atoms with Crippen LogP contribution in [0.2, 0.25) is 0 Å². The number of nitrogens with zero attached hydrogens (tertiary/aromatic N) is 1. The number of urea groups is 1. The van der Waals surface area contributed by atoms with Crippen molar-refractivity contribution in [3.8, 4) is 17.0 Å². The van der Waals surface area contributed by atoms with E-state index in [1.165, 1.54) is 29.5 Å². The lowest BCUT2D eigenvalue weighted by atomic mass is 10.2. The number of rotatable bonds is 6. The molecule has 0 radical (unpaired) electrons. The molecular weight excluding hydrogens is 391 g/mol. The number of halogens is 3. The lowest BCUT2D eigenvalue weighted by molar-refractivity contribution is -0.274. The second-order valence-electron chi connectivity index (χ2n) is 5.68. The second-order valence-corrected chi connectivity index (χ2v) is 6.63. The van der Waals surface area contributed by atoms with Crippen molar-refractivity contribution in [1.82, 2.24) is 15.6 Å². The molecule has 0 aliphatic rings. The third kappa shape index (κ3) is 5.71. The zero-order valence-corrected chi connectivity index (χ0v) is 15.3. The number of hydrogen-bond donors (Lipinski definition) is 2. The Balaban J connectivity index is 1.51. The van der Waals surface area contributed by atoms with Crippen LogP contribution in [0.15, 0.2) is 60.0 Å². The second kappa shape index (κ2) is 8.75. The Morgan fingerprint density at radius 1 is 1.00 bits per heavy atom. The molecule has 0 aliphatic carbocycles. The minimum atomic E-state index is -4.79. The van der Waals surface area contributed by atoms with E-state index in [1.54, 1.807) is 6.07 Å². The molecule has 0 atom stereocenters. The van der Waals surface area contributed by atoms with Crippen LogP contribution < -0.4 is 15.4 Å². The van der Waals surface area contributed by atoms with E-state index >= 15 is 0 Å². The van der Waals surface area contributed by atoms with E-state index in [2.05, 4.69) is 20.4 Å². The molecule has 2 amide bonds. The lowest BCUT2D eigenvalue weighted by Crippen LogP contribution is -2.34. The van der Waals surface area contributed by atoms with E-state index in [-0.39, 0.29) is 24.4 Å². The predicted molar refractivity (Wildman–Crippen MR) is 99.8 cm³/mol. The number of para-hydroxylation sites is 1. The zero-order chi connectivity index (χ0) is 20.0. The van der Waals surface area contributed by atoms with Crippen molar-refractivity contribution in [2.45, 2.75) is 19.5 Å². The number of amides is 2. The SMILES string of the molecule is O=C(NCc1nc(-c2ccccc2)cs1)NCc1ccccc1OC(F)(F)F. The van der Waals surface area contributed by atoms with Gasteiger partial charge < -0.3 is 15.4 Å². The lowest BCUT2D eigenvalue weighted by Gasteiger charge is -2.13. The van der Waals surface area contributed by atoms with Crippen LogP contribution in [0, 0.1) is 0 Å². The first-order valence-electron chi connectivity index (χ1n) is 8.26. The van der Waals surface area contributed by atoms with E-state index in [0.29, 0.717) is 0 Å². The number of alkyl halides is 3. The number of carbonyl (C=O) groups is 1. The van der Waals surface area contributed by atoms with Gasteiger partial charge >= 0.3 is 12.4 Å². The van der Waals surface area contributed by atoms with Crippen LogP contribution in [-0.4, -0.2) is 17.4 Å². The third-order valence-corrected chi connectivity index (χ3v) is 4.51. The zero-order valence-electron chi connectivity index (χ0n) is 14.5. The van der Waals surface area contributed by atoms with Crippen LogP contribution in [0.5, 0.6) is 5.75 Å². The average Bonchev–Trinajstić information content (AvgIpc) is 3.14. The maximum Gasteiger partial charge on any atom is 0.573 e. The molecule has 28 heavy (non-hydrogen) atoms. The molecule has 5 nitrogen and oxygen atoms in total. The van der Waals surface area contributed by atoms with Crippen LogP contribution in [0.4, 0.5) is 18.0 Å². The summed E-state index contributed by atoms with van der Waals surface area (Å²) in [6, 6.07) is 14.8. The minimum absolute atomic E-state index is 0.106. The highest BCUT2D eigenvalue weighted by Crippen LogP contribution is 2.26. The number of ether oxygens (including phenoxy) is 1. The molecule has 0 saturated carbocycles. The number of carbonyl (C=O) groups excluding carboxylic acids is 1. The molecule has 0 fully saturated rings. The van der Waals surface area contributed by atoms with Crippen LogP contribution >= 0.6 is 11.3 Å². The van der Waals surface area contributed by atoms with Crippen LogP contribution in [0.1, 0.15) is 10.6 Å². The molecule has 9 heteroatoms. The molecule has 0 unspecified atom stereocenters. The van der Waals surface area contributed by atoms with E-state index in [0.717, 1.165) is 16.3 Å². The summed E-state index contributed by atoms with van der Waals surface area (Å²) in [6.07, 6.45) is -4.79. The number of nitrogens with one attached hydrogen (secondary N) is 2. The number of aromatic nitrogens is 1. The maximum atomic E-state index is 12.4. The number of hydrogen-bond acceptors (Lipinski definition) is 4. The van der Waals surface area contributed by atoms with Crippen molar-refractivity contribution in [3.63, 3.8) is 0 Å². The van der Waals surface area contributed by atoms with Crippen molar-refractivity contribution in [3.05, 3.63) is 70.5 Å². The van der Waals surface area contributed by atoms with E-state index in [4.69, 9.17) is 0 Å². The van der Waals surface area contributed by atoms with Gasteiger partial charge in [-0.25, -0.2) is 9.78 Å². The van der Waals surface area contributed by atoms with Gasteiger partial charge in [-0.2, -0.15) is 0 Å². The molecule has 2 aromatic carbocycles. The normalized spacial score (nSPS) is 11.1. The molecule has 0 spiro atoms. The molecule has 146 valence electrons. The quantitative estimate of drug-likeness (QED) is 0.622. The van der Waals surface area contributed by atoms with Gasteiger partial charge in [-0.3, -0.25) is 0 Å². The Kier molecular flexibility index (Phi) is 6.15. The maximum absolute atomic E-state index is 12.4. The van der Waals surface area contributed by atoms with E-state index in [1.807, 2.05) is 35.7 Å². The fourth-order valence-electron chi connectivity index (χ4n) is 2.40. The Bertz CT molecular complexity index is 929. The Labute approximate surface area is 163 Å². The first kappa shape index (κ1) is 19.7. The van der Waals surface area contributed by atoms with Crippen molar-refractivity contribution in [2.75, 3.05) is 0 Å². The molecule has 1 aromatic heterocycles. The van der Waals surface area contributed by atoms with Crippen molar-refractivity contribution in [1.29, 1.82) is 0 Å². The van der Waals surface area contributed by atoms with E-state index in [9.17, 15) is 18.0 Å². The topological polar surface area (TPSA) is 63.2 Å². The summed E-state index contributed by atoms with van der Waals surface area (Å²) in [7, 11) is 0. The molecular formula is C19H16F3N3O2S. The van der Waals surface area contributed by atoms with Gasteiger partial charge in [0.2, 0.25) is 0 Å². The molecule has 0 saturated heterocycles. The van der Waals surface area contributed by atoms with Gasteiger partial charge in [-0.05, 0) is 6.07 Å².